The number of amides is 1. The van der Waals surface area contributed by atoms with E-state index in [0.29, 0.717) is 13.2 Å². The Morgan fingerprint density at radius 2 is 2.12 bits per heavy atom. The van der Waals surface area contributed by atoms with Crippen LogP contribution in [-0.2, 0) is 13.1 Å². The Kier molecular flexibility index (Phi) is 4.77. The molecule has 1 atom stereocenters. The summed E-state index contributed by atoms with van der Waals surface area (Å²) >= 11 is 1.50. The number of hydrogen-bond acceptors (Lipinski definition) is 4. The van der Waals surface area contributed by atoms with Crippen LogP contribution >= 0.6 is 11.3 Å². The molecule has 132 valence electrons. The molecule has 5 heteroatoms. The van der Waals surface area contributed by atoms with Crippen molar-refractivity contribution in [2.45, 2.75) is 38.9 Å². The average molecular weight is 356 g/mol. The van der Waals surface area contributed by atoms with Gasteiger partial charge in [0.2, 0.25) is 0 Å². The van der Waals surface area contributed by atoms with E-state index < -0.39 is 0 Å². The molecule has 0 spiro atoms. The van der Waals surface area contributed by atoms with Crippen LogP contribution in [0.1, 0.15) is 40.6 Å². The van der Waals surface area contributed by atoms with E-state index in [1.807, 2.05) is 22.4 Å². The van der Waals surface area contributed by atoms with Crippen LogP contribution in [0.2, 0.25) is 0 Å². The number of carbonyl (C=O) groups is 1. The van der Waals surface area contributed by atoms with Gasteiger partial charge in [0.05, 0.1) is 17.5 Å². The molecular formula is C20H24N2O2S. The molecule has 1 saturated heterocycles. The molecule has 0 bridgehead atoms. The predicted octanol–water partition coefficient (Wildman–Crippen LogP) is 3.77. The Morgan fingerprint density at radius 1 is 1.28 bits per heavy atom. The van der Waals surface area contributed by atoms with E-state index in [9.17, 15) is 4.79 Å². The van der Waals surface area contributed by atoms with Crippen LogP contribution in [0.3, 0.4) is 0 Å². The molecule has 4 rings (SSSR count). The molecule has 0 radical (unpaired) electrons. The molecule has 0 aliphatic carbocycles. The fourth-order valence-corrected chi connectivity index (χ4v) is 4.33. The highest BCUT2D eigenvalue weighted by molar-refractivity contribution is 7.12. The van der Waals surface area contributed by atoms with E-state index in [1.54, 1.807) is 0 Å². The number of thiophene rings is 1. The largest absolute Gasteiger partial charge is 0.491 e. The highest BCUT2D eigenvalue weighted by atomic mass is 32.1. The van der Waals surface area contributed by atoms with Gasteiger partial charge in [-0.2, -0.15) is 0 Å². The van der Waals surface area contributed by atoms with Gasteiger partial charge >= 0.3 is 0 Å². The maximum Gasteiger partial charge on any atom is 0.264 e. The van der Waals surface area contributed by atoms with Gasteiger partial charge in [0.15, 0.2) is 0 Å². The lowest BCUT2D eigenvalue weighted by molar-refractivity contribution is 0.0650. The van der Waals surface area contributed by atoms with Gasteiger partial charge in [0.1, 0.15) is 12.4 Å². The molecule has 1 aromatic heterocycles. The number of nitrogens with zero attached hydrogens (tertiary/aromatic N) is 2. The SMILES string of the molecule is C[C@H]1COc2ccc(CN3CCCC3)cc2CN1C(=O)c1cccs1. The van der Waals surface area contributed by atoms with Crippen LogP contribution in [0.4, 0.5) is 0 Å². The van der Waals surface area contributed by atoms with Crippen LogP contribution in [0.25, 0.3) is 0 Å². The highest BCUT2D eigenvalue weighted by Gasteiger charge is 2.27. The maximum absolute atomic E-state index is 12.9. The zero-order valence-electron chi connectivity index (χ0n) is 14.6. The summed E-state index contributed by atoms with van der Waals surface area (Å²) in [5.41, 5.74) is 2.42. The lowest BCUT2D eigenvalue weighted by Crippen LogP contribution is -2.39. The smallest absolute Gasteiger partial charge is 0.264 e. The lowest BCUT2D eigenvalue weighted by atomic mass is 10.1. The molecule has 2 aliphatic heterocycles. The monoisotopic (exact) mass is 356 g/mol. The number of ether oxygens (including phenoxy) is 1. The van der Waals surface area contributed by atoms with Crippen molar-refractivity contribution in [2.75, 3.05) is 19.7 Å². The Bertz CT molecular complexity index is 738. The second-order valence-corrected chi connectivity index (χ2v) is 7.94. The van der Waals surface area contributed by atoms with Crippen LogP contribution in [0.15, 0.2) is 35.7 Å². The van der Waals surface area contributed by atoms with Gasteiger partial charge in [-0.15, -0.1) is 11.3 Å². The first-order valence-electron chi connectivity index (χ1n) is 9.02. The normalized spacial score (nSPS) is 20.8. The fraction of sp³-hybridized carbons (Fsp3) is 0.450. The number of fused-ring (bicyclic) bond motifs is 1. The lowest BCUT2D eigenvalue weighted by Gasteiger charge is -2.26. The van der Waals surface area contributed by atoms with Gasteiger partial charge in [-0.1, -0.05) is 12.1 Å². The molecule has 1 amide bonds. The first-order valence-corrected chi connectivity index (χ1v) is 9.90. The Balaban J connectivity index is 1.56. The topological polar surface area (TPSA) is 32.8 Å². The Morgan fingerprint density at radius 3 is 2.88 bits per heavy atom. The Labute approximate surface area is 153 Å². The van der Waals surface area contributed by atoms with Crippen LogP contribution in [-0.4, -0.2) is 41.4 Å². The molecule has 2 aliphatic rings. The molecule has 4 nitrogen and oxygen atoms in total. The van der Waals surface area contributed by atoms with Crippen molar-refractivity contribution in [1.29, 1.82) is 0 Å². The van der Waals surface area contributed by atoms with Gasteiger partial charge < -0.3 is 9.64 Å². The van der Waals surface area contributed by atoms with E-state index in [2.05, 4.69) is 30.0 Å². The van der Waals surface area contributed by atoms with Crippen molar-refractivity contribution in [2.24, 2.45) is 0 Å². The number of benzene rings is 1. The van der Waals surface area contributed by atoms with Crippen LogP contribution < -0.4 is 4.74 Å². The van der Waals surface area contributed by atoms with E-state index in [1.165, 1.54) is 42.8 Å². The minimum absolute atomic E-state index is 0.0593. The quantitative estimate of drug-likeness (QED) is 0.839. The van der Waals surface area contributed by atoms with E-state index in [0.717, 1.165) is 22.7 Å². The minimum atomic E-state index is 0.0593. The van der Waals surface area contributed by atoms with E-state index >= 15 is 0 Å². The predicted molar refractivity (Wildman–Crippen MR) is 100 cm³/mol. The maximum atomic E-state index is 12.9. The van der Waals surface area contributed by atoms with E-state index in [4.69, 9.17) is 4.74 Å². The first kappa shape index (κ1) is 16.6. The molecule has 1 aromatic carbocycles. The highest BCUT2D eigenvalue weighted by Crippen LogP contribution is 2.28. The summed E-state index contributed by atoms with van der Waals surface area (Å²) in [7, 11) is 0. The van der Waals surface area contributed by atoms with Gasteiger partial charge in [-0.3, -0.25) is 9.69 Å². The number of hydrogen-bond donors (Lipinski definition) is 0. The second-order valence-electron chi connectivity index (χ2n) is 7.00. The van der Waals surface area contributed by atoms with Crippen molar-refractivity contribution >= 4 is 17.2 Å². The Hall–Kier alpha value is -1.85. The fourth-order valence-electron chi connectivity index (χ4n) is 3.65. The van der Waals surface area contributed by atoms with Gasteiger partial charge in [-0.05, 0) is 62.0 Å². The van der Waals surface area contributed by atoms with Crippen molar-refractivity contribution in [1.82, 2.24) is 9.80 Å². The molecule has 3 heterocycles. The van der Waals surface area contributed by atoms with Crippen molar-refractivity contribution in [3.63, 3.8) is 0 Å². The number of rotatable bonds is 3. The second kappa shape index (κ2) is 7.18. The summed E-state index contributed by atoms with van der Waals surface area (Å²) in [6.07, 6.45) is 2.60. The molecule has 0 saturated carbocycles. The average Bonchev–Trinajstić information content (AvgIpc) is 3.29. The number of carbonyl (C=O) groups excluding carboxylic acids is 1. The van der Waals surface area contributed by atoms with E-state index in [-0.39, 0.29) is 11.9 Å². The molecular weight excluding hydrogens is 332 g/mol. The third-order valence-corrected chi connectivity index (χ3v) is 5.93. The summed E-state index contributed by atoms with van der Waals surface area (Å²) in [5, 5.41) is 1.95. The molecule has 0 N–H and O–H groups in total. The molecule has 0 unspecified atom stereocenters. The summed E-state index contributed by atoms with van der Waals surface area (Å²) in [6.45, 7) is 6.57. The van der Waals surface area contributed by atoms with Crippen molar-refractivity contribution in [3.05, 3.63) is 51.7 Å². The molecule has 2 aromatic rings. The number of likely N-dealkylation sites (tertiary alicyclic amines) is 1. The van der Waals surface area contributed by atoms with Crippen LogP contribution in [0, 0.1) is 0 Å². The first-order chi connectivity index (χ1) is 12.2. The summed E-state index contributed by atoms with van der Waals surface area (Å²) in [5.74, 6) is 1.02. The molecule has 25 heavy (non-hydrogen) atoms. The standard InChI is InChI=1S/C20H24N2O2S/c1-15-14-24-18-7-6-16(12-21-8-2-3-9-21)11-17(18)13-22(15)20(23)19-5-4-10-25-19/h4-7,10-11,15H,2-3,8-9,12-14H2,1H3/t15-/m0/s1. The van der Waals surface area contributed by atoms with Gasteiger partial charge in [0, 0.05) is 12.1 Å². The molecule has 1 fully saturated rings. The summed E-state index contributed by atoms with van der Waals surface area (Å²) in [4.78, 5) is 18.1. The summed E-state index contributed by atoms with van der Waals surface area (Å²) in [6, 6.07) is 10.4. The van der Waals surface area contributed by atoms with Crippen molar-refractivity contribution < 1.29 is 9.53 Å². The third kappa shape index (κ3) is 3.58. The zero-order chi connectivity index (χ0) is 17.2. The van der Waals surface area contributed by atoms with Crippen LogP contribution in [0.5, 0.6) is 5.75 Å². The summed E-state index contributed by atoms with van der Waals surface area (Å²) < 4.78 is 5.98. The van der Waals surface area contributed by atoms with Crippen molar-refractivity contribution in [3.8, 4) is 5.75 Å². The van der Waals surface area contributed by atoms with Gasteiger partial charge in [-0.25, -0.2) is 0 Å². The zero-order valence-corrected chi connectivity index (χ0v) is 15.4. The van der Waals surface area contributed by atoms with Gasteiger partial charge in [0.25, 0.3) is 5.91 Å². The third-order valence-electron chi connectivity index (χ3n) is 5.08. The minimum Gasteiger partial charge on any atom is -0.491 e.